The van der Waals surface area contributed by atoms with Crippen molar-refractivity contribution in [3.63, 3.8) is 0 Å². The molecular formula is C6H8O2. The molecule has 0 aromatic rings. The van der Waals surface area contributed by atoms with Crippen LogP contribution in [0.1, 0.15) is 0 Å². The zero-order valence-electron chi connectivity index (χ0n) is 4.36. The molecule has 8 heavy (non-hydrogen) atoms. The number of hydrogen-bond acceptors (Lipinski definition) is 2. The van der Waals surface area contributed by atoms with Gasteiger partial charge in [0, 0.05) is 0 Å². The second kappa shape index (κ2) is 2.11. The lowest BCUT2D eigenvalue weighted by atomic mass is 10.1. The van der Waals surface area contributed by atoms with Gasteiger partial charge in [-0.1, -0.05) is 24.3 Å². The normalized spacial score (nSPS) is 35.8. The van der Waals surface area contributed by atoms with Crippen molar-refractivity contribution in [3.05, 3.63) is 24.3 Å². The molecule has 0 saturated heterocycles. The molecule has 44 valence electrons. The monoisotopic (exact) mass is 112 g/mol. The fourth-order valence-electron chi connectivity index (χ4n) is 0.584. The lowest BCUT2D eigenvalue weighted by Gasteiger charge is -2.11. The second-order valence-electron chi connectivity index (χ2n) is 1.75. The van der Waals surface area contributed by atoms with Crippen molar-refractivity contribution in [1.29, 1.82) is 0 Å². The zero-order chi connectivity index (χ0) is 5.98. The summed E-state index contributed by atoms with van der Waals surface area (Å²) in [6, 6.07) is 0. The van der Waals surface area contributed by atoms with Crippen molar-refractivity contribution in [2.24, 2.45) is 0 Å². The first-order valence-electron chi connectivity index (χ1n) is 2.52. The standard InChI is InChI=1S/C6H8O2/c7-5-3-1-2-4-6(5)8/h1-8H/t5-,6?/m0/s1. The van der Waals surface area contributed by atoms with Crippen LogP contribution in [-0.2, 0) is 0 Å². The number of hydrogen-bond donors (Lipinski definition) is 2. The third kappa shape index (κ3) is 0.967. The molecule has 0 amide bonds. The fraction of sp³-hybridized carbons (Fsp3) is 0.333. The molecule has 1 unspecified atom stereocenters. The zero-order valence-corrected chi connectivity index (χ0v) is 4.36. The summed E-state index contributed by atoms with van der Waals surface area (Å²) in [6.45, 7) is 0. The number of aliphatic hydroxyl groups is 2. The van der Waals surface area contributed by atoms with E-state index >= 15 is 0 Å². The number of rotatable bonds is 0. The van der Waals surface area contributed by atoms with Crippen molar-refractivity contribution in [2.45, 2.75) is 12.2 Å². The van der Waals surface area contributed by atoms with E-state index in [4.69, 9.17) is 10.2 Å². The summed E-state index contributed by atoms with van der Waals surface area (Å²) < 4.78 is 0. The van der Waals surface area contributed by atoms with Crippen molar-refractivity contribution in [1.82, 2.24) is 0 Å². The summed E-state index contributed by atoms with van der Waals surface area (Å²) in [5.74, 6) is 0. The molecule has 1 aliphatic rings. The van der Waals surface area contributed by atoms with Crippen LogP contribution in [-0.4, -0.2) is 22.4 Å². The van der Waals surface area contributed by atoms with Gasteiger partial charge < -0.3 is 10.2 Å². The second-order valence-corrected chi connectivity index (χ2v) is 1.75. The van der Waals surface area contributed by atoms with Gasteiger partial charge in [0.15, 0.2) is 0 Å². The third-order valence-electron chi connectivity index (χ3n) is 1.08. The topological polar surface area (TPSA) is 40.5 Å². The van der Waals surface area contributed by atoms with Crippen LogP contribution >= 0.6 is 0 Å². The van der Waals surface area contributed by atoms with E-state index in [1.54, 1.807) is 24.3 Å². The lowest BCUT2D eigenvalue weighted by Crippen LogP contribution is -2.22. The van der Waals surface area contributed by atoms with Crippen LogP contribution in [0, 0.1) is 0 Å². The van der Waals surface area contributed by atoms with Crippen LogP contribution in [0.5, 0.6) is 0 Å². The van der Waals surface area contributed by atoms with Crippen molar-refractivity contribution < 1.29 is 10.2 Å². The van der Waals surface area contributed by atoms with E-state index in [9.17, 15) is 0 Å². The maximum absolute atomic E-state index is 8.79. The maximum Gasteiger partial charge on any atom is 0.102 e. The van der Waals surface area contributed by atoms with E-state index in [1.165, 1.54) is 0 Å². The quantitative estimate of drug-likeness (QED) is 0.457. The molecule has 2 atom stereocenters. The summed E-state index contributed by atoms with van der Waals surface area (Å²) in [6.07, 6.45) is 5.09. The van der Waals surface area contributed by atoms with Gasteiger partial charge in [0.05, 0.1) is 0 Å². The Kier molecular flexibility index (Phi) is 1.46. The summed E-state index contributed by atoms with van der Waals surface area (Å²) >= 11 is 0. The Morgan fingerprint density at radius 1 is 0.875 bits per heavy atom. The molecular weight excluding hydrogens is 104 g/mol. The van der Waals surface area contributed by atoms with Gasteiger partial charge in [0.2, 0.25) is 0 Å². The molecule has 2 N–H and O–H groups in total. The molecule has 0 aromatic heterocycles. The van der Waals surface area contributed by atoms with Gasteiger partial charge in [0.25, 0.3) is 0 Å². The Hall–Kier alpha value is -0.600. The lowest BCUT2D eigenvalue weighted by molar-refractivity contribution is 0.0794. The predicted molar refractivity (Wildman–Crippen MR) is 30.3 cm³/mol. The van der Waals surface area contributed by atoms with Gasteiger partial charge in [-0.3, -0.25) is 0 Å². The summed E-state index contributed by atoms with van der Waals surface area (Å²) in [5, 5.41) is 17.6. The first-order chi connectivity index (χ1) is 3.80. The highest BCUT2D eigenvalue weighted by Gasteiger charge is 2.09. The molecule has 2 nitrogen and oxygen atoms in total. The highest BCUT2D eigenvalue weighted by Crippen LogP contribution is 2.02. The first-order valence-corrected chi connectivity index (χ1v) is 2.52. The number of allylic oxidation sites excluding steroid dienone is 2. The molecule has 0 bridgehead atoms. The van der Waals surface area contributed by atoms with Crippen molar-refractivity contribution in [2.75, 3.05) is 0 Å². The van der Waals surface area contributed by atoms with E-state index < -0.39 is 12.2 Å². The minimum Gasteiger partial charge on any atom is -0.386 e. The van der Waals surface area contributed by atoms with Gasteiger partial charge >= 0.3 is 0 Å². The molecule has 2 heteroatoms. The van der Waals surface area contributed by atoms with E-state index in [2.05, 4.69) is 0 Å². The minimum absolute atomic E-state index is 0.708. The Labute approximate surface area is 47.8 Å². The van der Waals surface area contributed by atoms with Gasteiger partial charge in [-0.25, -0.2) is 0 Å². The molecule has 0 saturated carbocycles. The van der Waals surface area contributed by atoms with Crippen LogP contribution in [0.4, 0.5) is 0 Å². The minimum atomic E-state index is -0.708. The predicted octanol–water partition coefficient (Wildman–Crippen LogP) is -0.166. The molecule has 0 heterocycles. The number of aliphatic hydroxyl groups excluding tert-OH is 2. The van der Waals surface area contributed by atoms with Gasteiger partial charge in [-0.2, -0.15) is 0 Å². The van der Waals surface area contributed by atoms with E-state index in [1.807, 2.05) is 0 Å². The van der Waals surface area contributed by atoms with Crippen molar-refractivity contribution in [3.8, 4) is 0 Å². The molecule has 0 aliphatic heterocycles. The van der Waals surface area contributed by atoms with Gasteiger partial charge in [-0.15, -0.1) is 0 Å². The highest BCUT2D eigenvalue weighted by molar-refractivity contribution is 5.15. The molecule has 1 aliphatic carbocycles. The van der Waals surface area contributed by atoms with Crippen LogP contribution in [0.2, 0.25) is 0 Å². The van der Waals surface area contributed by atoms with E-state index in [0.717, 1.165) is 0 Å². The molecule has 0 spiro atoms. The fourth-order valence-corrected chi connectivity index (χ4v) is 0.584. The van der Waals surface area contributed by atoms with E-state index in [0.29, 0.717) is 0 Å². The molecule has 0 fully saturated rings. The average Bonchev–Trinajstić information content (AvgIpc) is 1.77. The molecule has 0 radical (unpaired) electrons. The Bertz CT molecular complexity index is 110. The first kappa shape index (κ1) is 5.54. The average molecular weight is 112 g/mol. The third-order valence-corrected chi connectivity index (χ3v) is 1.08. The Balaban J connectivity index is 2.59. The van der Waals surface area contributed by atoms with Crippen molar-refractivity contribution >= 4 is 0 Å². The van der Waals surface area contributed by atoms with Crippen LogP contribution in [0.15, 0.2) is 24.3 Å². The Morgan fingerprint density at radius 2 is 1.25 bits per heavy atom. The van der Waals surface area contributed by atoms with Crippen LogP contribution in [0.3, 0.4) is 0 Å². The summed E-state index contributed by atoms with van der Waals surface area (Å²) in [4.78, 5) is 0. The van der Waals surface area contributed by atoms with Gasteiger partial charge in [0.1, 0.15) is 12.2 Å². The van der Waals surface area contributed by atoms with Gasteiger partial charge in [-0.05, 0) is 0 Å². The van der Waals surface area contributed by atoms with Crippen LogP contribution < -0.4 is 0 Å². The molecule has 0 aromatic carbocycles. The van der Waals surface area contributed by atoms with E-state index in [-0.39, 0.29) is 0 Å². The molecule has 1 rings (SSSR count). The largest absolute Gasteiger partial charge is 0.386 e. The smallest absolute Gasteiger partial charge is 0.102 e. The summed E-state index contributed by atoms with van der Waals surface area (Å²) in [5.41, 5.74) is 0. The highest BCUT2D eigenvalue weighted by atomic mass is 16.3. The SMILES string of the molecule is OC1C=CC=C[C@@H]1O. The summed E-state index contributed by atoms with van der Waals surface area (Å²) in [7, 11) is 0. The maximum atomic E-state index is 8.79. The van der Waals surface area contributed by atoms with Crippen LogP contribution in [0.25, 0.3) is 0 Å². The Morgan fingerprint density at radius 3 is 1.50 bits per heavy atom.